The van der Waals surface area contributed by atoms with Crippen molar-refractivity contribution in [1.82, 2.24) is 5.32 Å². The van der Waals surface area contributed by atoms with Gasteiger partial charge in [-0.1, -0.05) is 50.6 Å². The lowest BCUT2D eigenvalue weighted by molar-refractivity contribution is 0.0934. The van der Waals surface area contributed by atoms with Gasteiger partial charge >= 0.3 is 0 Å². The number of fused-ring (bicyclic) bond motifs is 1. The SMILES string of the molecule is CCCC(CC)NC(=O)c1ccc2ccccc2c1. The van der Waals surface area contributed by atoms with Crippen molar-refractivity contribution in [1.29, 1.82) is 0 Å². The second kappa shape index (κ2) is 6.37. The van der Waals surface area contributed by atoms with Gasteiger partial charge in [0.1, 0.15) is 0 Å². The molecule has 0 aliphatic heterocycles. The fraction of sp³-hybridized carbons (Fsp3) is 0.353. The van der Waals surface area contributed by atoms with Gasteiger partial charge in [0, 0.05) is 11.6 Å². The molecule has 2 heteroatoms. The molecule has 2 aromatic carbocycles. The quantitative estimate of drug-likeness (QED) is 0.854. The number of amides is 1. The van der Waals surface area contributed by atoms with Gasteiger partial charge in [0.25, 0.3) is 5.91 Å². The van der Waals surface area contributed by atoms with E-state index in [0.717, 1.165) is 30.2 Å². The average Bonchev–Trinajstić information content (AvgIpc) is 2.46. The van der Waals surface area contributed by atoms with Gasteiger partial charge in [0.15, 0.2) is 0 Å². The number of hydrogen-bond donors (Lipinski definition) is 1. The monoisotopic (exact) mass is 255 g/mol. The number of carbonyl (C=O) groups is 1. The Morgan fingerprint density at radius 3 is 2.53 bits per heavy atom. The largest absolute Gasteiger partial charge is 0.349 e. The molecular formula is C17H21NO. The topological polar surface area (TPSA) is 29.1 Å². The highest BCUT2D eigenvalue weighted by Crippen LogP contribution is 2.16. The van der Waals surface area contributed by atoms with E-state index in [1.54, 1.807) is 0 Å². The highest BCUT2D eigenvalue weighted by Gasteiger charge is 2.11. The first-order chi connectivity index (χ1) is 9.24. The predicted octanol–water partition coefficient (Wildman–Crippen LogP) is 4.15. The first kappa shape index (κ1) is 13.6. The average molecular weight is 255 g/mol. The molecule has 1 unspecified atom stereocenters. The van der Waals surface area contributed by atoms with E-state index in [4.69, 9.17) is 0 Å². The summed E-state index contributed by atoms with van der Waals surface area (Å²) in [6.07, 6.45) is 3.11. The fourth-order valence-electron chi connectivity index (χ4n) is 2.33. The van der Waals surface area contributed by atoms with Crippen LogP contribution in [0.4, 0.5) is 0 Å². The zero-order valence-electron chi connectivity index (χ0n) is 11.6. The van der Waals surface area contributed by atoms with E-state index in [1.807, 2.05) is 36.4 Å². The van der Waals surface area contributed by atoms with Crippen LogP contribution in [-0.2, 0) is 0 Å². The Bertz CT molecular complexity index is 562. The lowest BCUT2D eigenvalue weighted by Crippen LogP contribution is -2.34. The lowest BCUT2D eigenvalue weighted by Gasteiger charge is -2.16. The molecule has 1 amide bonds. The lowest BCUT2D eigenvalue weighted by atomic mass is 10.1. The summed E-state index contributed by atoms with van der Waals surface area (Å²) in [6, 6.07) is 14.2. The van der Waals surface area contributed by atoms with Crippen molar-refractivity contribution < 1.29 is 4.79 Å². The third-order valence-electron chi connectivity index (χ3n) is 3.48. The summed E-state index contributed by atoms with van der Waals surface area (Å²) in [7, 11) is 0. The highest BCUT2D eigenvalue weighted by atomic mass is 16.1. The maximum atomic E-state index is 12.2. The maximum absolute atomic E-state index is 12.2. The number of hydrogen-bond acceptors (Lipinski definition) is 1. The first-order valence-electron chi connectivity index (χ1n) is 7.04. The minimum absolute atomic E-state index is 0.0334. The van der Waals surface area contributed by atoms with Crippen LogP contribution in [0.3, 0.4) is 0 Å². The second-order valence-electron chi connectivity index (χ2n) is 4.93. The van der Waals surface area contributed by atoms with E-state index in [9.17, 15) is 4.79 Å². The normalized spacial score (nSPS) is 12.3. The van der Waals surface area contributed by atoms with Crippen molar-refractivity contribution in [2.24, 2.45) is 0 Å². The molecule has 19 heavy (non-hydrogen) atoms. The van der Waals surface area contributed by atoms with E-state index >= 15 is 0 Å². The van der Waals surface area contributed by atoms with Crippen molar-refractivity contribution in [3.05, 3.63) is 48.0 Å². The molecule has 0 bridgehead atoms. The van der Waals surface area contributed by atoms with E-state index in [0.29, 0.717) is 0 Å². The van der Waals surface area contributed by atoms with E-state index in [-0.39, 0.29) is 11.9 Å². The standard InChI is InChI=1S/C17H21NO/c1-3-7-16(4-2)18-17(19)15-11-10-13-8-5-6-9-14(13)12-15/h5-6,8-12,16H,3-4,7H2,1-2H3,(H,18,19). The van der Waals surface area contributed by atoms with Gasteiger partial charge in [0.2, 0.25) is 0 Å². The molecule has 0 fully saturated rings. The van der Waals surface area contributed by atoms with Crippen LogP contribution in [0.15, 0.2) is 42.5 Å². The Labute approximate surface area is 114 Å². The highest BCUT2D eigenvalue weighted by molar-refractivity contribution is 5.98. The molecule has 0 aromatic heterocycles. The van der Waals surface area contributed by atoms with Crippen molar-refractivity contribution >= 4 is 16.7 Å². The molecule has 0 heterocycles. The van der Waals surface area contributed by atoms with Gasteiger partial charge < -0.3 is 5.32 Å². The molecule has 0 aliphatic rings. The number of benzene rings is 2. The maximum Gasteiger partial charge on any atom is 0.251 e. The third kappa shape index (κ3) is 3.34. The molecule has 0 aliphatic carbocycles. The molecule has 0 saturated heterocycles. The molecular weight excluding hydrogens is 234 g/mol. The van der Waals surface area contributed by atoms with Crippen LogP contribution in [0.5, 0.6) is 0 Å². The van der Waals surface area contributed by atoms with Gasteiger partial charge in [-0.2, -0.15) is 0 Å². The Kier molecular flexibility index (Phi) is 4.56. The summed E-state index contributed by atoms with van der Waals surface area (Å²) in [5.74, 6) is 0.0334. The predicted molar refractivity (Wildman–Crippen MR) is 80.4 cm³/mol. The van der Waals surface area contributed by atoms with Crippen molar-refractivity contribution in [2.75, 3.05) is 0 Å². The number of nitrogens with one attached hydrogen (secondary N) is 1. The summed E-state index contributed by atoms with van der Waals surface area (Å²) in [5.41, 5.74) is 0.744. The fourth-order valence-corrected chi connectivity index (χ4v) is 2.33. The van der Waals surface area contributed by atoms with E-state index in [1.165, 1.54) is 5.39 Å². The summed E-state index contributed by atoms with van der Waals surface area (Å²) in [4.78, 5) is 12.2. The molecule has 0 saturated carbocycles. The minimum Gasteiger partial charge on any atom is -0.349 e. The molecule has 2 nitrogen and oxygen atoms in total. The second-order valence-corrected chi connectivity index (χ2v) is 4.93. The van der Waals surface area contributed by atoms with Crippen molar-refractivity contribution in [3.8, 4) is 0 Å². The molecule has 2 aromatic rings. The van der Waals surface area contributed by atoms with Crippen molar-refractivity contribution in [3.63, 3.8) is 0 Å². The summed E-state index contributed by atoms with van der Waals surface area (Å²) < 4.78 is 0. The van der Waals surface area contributed by atoms with Crippen LogP contribution in [-0.4, -0.2) is 11.9 Å². The zero-order valence-corrected chi connectivity index (χ0v) is 11.6. The van der Waals surface area contributed by atoms with Gasteiger partial charge in [-0.25, -0.2) is 0 Å². The Hall–Kier alpha value is -1.83. The first-order valence-corrected chi connectivity index (χ1v) is 7.04. The summed E-state index contributed by atoms with van der Waals surface area (Å²) in [5, 5.41) is 5.39. The molecule has 0 radical (unpaired) electrons. The Morgan fingerprint density at radius 1 is 1.11 bits per heavy atom. The van der Waals surface area contributed by atoms with Gasteiger partial charge in [-0.15, -0.1) is 0 Å². The van der Waals surface area contributed by atoms with Gasteiger partial charge in [-0.05, 0) is 35.7 Å². The van der Waals surface area contributed by atoms with Crippen molar-refractivity contribution in [2.45, 2.75) is 39.2 Å². The van der Waals surface area contributed by atoms with Crippen LogP contribution < -0.4 is 5.32 Å². The van der Waals surface area contributed by atoms with Crippen LogP contribution in [0, 0.1) is 0 Å². The van der Waals surface area contributed by atoms with E-state index < -0.39 is 0 Å². The number of carbonyl (C=O) groups excluding carboxylic acids is 1. The molecule has 1 atom stereocenters. The van der Waals surface area contributed by atoms with Crippen LogP contribution >= 0.6 is 0 Å². The molecule has 100 valence electrons. The van der Waals surface area contributed by atoms with E-state index in [2.05, 4.69) is 25.2 Å². The zero-order chi connectivity index (χ0) is 13.7. The smallest absolute Gasteiger partial charge is 0.251 e. The Balaban J connectivity index is 2.16. The van der Waals surface area contributed by atoms with Crippen LogP contribution in [0.1, 0.15) is 43.5 Å². The van der Waals surface area contributed by atoms with Crippen LogP contribution in [0.25, 0.3) is 10.8 Å². The molecule has 0 spiro atoms. The Morgan fingerprint density at radius 2 is 1.84 bits per heavy atom. The third-order valence-corrected chi connectivity index (χ3v) is 3.48. The summed E-state index contributed by atoms with van der Waals surface area (Å²) in [6.45, 7) is 4.26. The minimum atomic E-state index is 0.0334. The van der Waals surface area contributed by atoms with Crippen LogP contribution in [0.2, 0.25) is 0 Å². The number of rotatable bonds is 5. The molecule has 2 rings (SSSR count). The van der Waals surface area contributed by atoms with Gasteiger partial charge in [-0.3, -0.25) is 4.79 Å². The summed E-state index contributed by atoms with van der Waals surface area (Å²) >= 11 is 0. The molecule has 1 N–H and O–H groups in total. The van der Waals surface area contributed by atoms with Gasteiger partial charge in [0.05, 0.1) is 0 Å².